The summed E-state index contributed by atoms with van der Waals surface area (Å²) in [6.45, 7) is 7.14. The first kappa shape index (κ1) is 24.4. The van der Waals surface area contributed by atoms with E-state index in [1.54, 1.807) is 18.9 Å². The monoisotopic (exact) mass is 454 g/mol. The summed E-state index contributed by atoms with van der Waals surface area (Å²) in [5, 5.41) is 2.99. The Hall–Kier alpha value is -3.22. The lowest BCUT2D eigenvalue weighted by atomic mass is 10.1. The summed E-state index contributed by atoms with van der Waals surface area (Å²) in [6.07, 6.45) is 1.65. The van der Waals surface area contributed by atoms with Crippen LogP contribution < -0.4 is 19.5 Å². The molecule has 2 atom stereocenters. The predicted octanol–water partition coefficient (Wildman–Crippen LogP) is 3.73. The van der Waals surface area contributed by atoms with E-state index in [-0.39, 0.29) is 24.3 Å². The third kappa shape index (κ3) is 6.63. The van der Waals surface area contributed by atoms with Crippen molar-refractivity contribution in [2.24, 2.45) is 0 Å². The fraction of sp³-hybridized carbons (Fsp3) is 0.462. The summed E-state index contributed by atoms with van der Waals surface area (Å²) < 4.78 is 16.5. The molecule has 2 aromatic carbocycles. The average molecular weight is 455 g/mol. The molecule has 2 amide bonds. The van der Waals surface area contributed by atoms with Gasteiger partial charge in [0.1, 0.15) is 25.0 Å². The Labute approximate surface area is 196 Å². The highest BCUT2D eigenvalue weighted by atomic mass is 16.6. The van der Waals surface area contributed by atoms with E-state index in [1.165, 1.54) is 0 Å². The maximum atomic E-state index is 13.3. The van der Waals surface area contributed by atoms with Crippen LogP contribution >= 0.6 is 0 Å². The lowest BCUT2D eigenvalue weighted by Crippen LogP contribution is -2.49. The van der Waals surface area contributed by atoms with E-state index >= 15 is 0 Å². The Balaban J connectivity index is 1.73. The van der Waals surface area contributed by atoms with E-state index in [0.717, 1.165) is 23.3 Å². The van der Waals surface area contributed by atoms with Gasteiger partial charge in [-0.15, -0.1) is 0 Å². The highest BCUT2D eigenvalue weighted by molar-refractivity contribution is 5.87. The minimum Gasteiger partial charge on any atom is -0.497 e. The van der Waals surface area contributed by atoms with E-state index in [1.807, 2.05) is 56.3 Å². The van der Waals surface area contributed by atoms with Gasteiger partial charge in [0.15, 0.2) is 11.5 Å². The third-order valence-electron chi connectivity index (χ3n) is 5.89. The van der Waals surface area contributed by atoms with Crippen molar-refractivity contribution in [3.05, 3.63) is 53.6 Å². The van der Waals surface area contributed by atoms with Crippen LogP contribution in [0.25, 0.3) is 0 Å². The number of rotatable bonds is 10. The molecular weight excluding hydrogens is 420 g/mol. The van der Waals surface area contributed by atoms with Gasteiger partial charge in [-0.05, 0) is 62.1 Å². The van der Waals surface area contributed by atoms with Crippen LogP contribution in [0, 0.1) is 0 Å². The van der Waals surface area contributed by atoms with Gasteiger partial charge in [0.25, 0.3) is 0 Å². The molecule has 3 rings (SSSR count). The number of ether oxygens (including phenoxy) is 3. The Morgan fingerprint density at radius 3 is 2.55 bits per heavy atom. The molecule has 0 aliphatic carbocycles. The Bertz CT molecular complexity index is 961. The number of nitrogens with one attached hydrogen (secondary N) is 1. The van der Waals surface area contributed by atoms with E-state index in [9.17, 15) is 9.59 Å². The minimum absolute atomic E-state index is 0.0476. The summed E-state index contributed by atoms with van der Waals surface area (Å²) in [4.78, 5) is 27.8. The zero-order valence-electron chi connectivity index (χ0n) is 19.9. The first-order valence-corrected chi connectivity index (χ1v) is 11.5. The van der Waals surface area contributed by atoms with Crippen molar-refractivity contribution in [3.63, 3.8) is 0 Å². The lowest BCUT2D eigenvalue weighted by Gasteiger charge is -2.30. The molecule has 1 N–H and O–H groups in total. The molecule has 0 spiro atoms. The number of carbonyl (C=O) groups excluding carboxylic acids is 2. The molecular formula is C26H34N2O5. The molecule has 1 aliphatic rings. The standard InChI is InChI=1S/C26H34N2O5/c1-5-18(2)27-26(30)19(3)28(17-21-7-6-8-22(15-21)31-4)25(29)12-10-20-9-11-23-24(16-20)33-14-13-32-23/h6-9,11,15-16,18-19H,5,10,12-14,17H2,1-4H3,(H,27,30)/t18-,19-/m0/s1. The first-order chi connectivity index (χ1) is 15.9. The predicted molar refractivity (Wildman–Crippen MR) is 127 cm³/mol. The Morgan fingerprint density at radius 1 is 1.06 bits per heavy atom. The Morgan fingerprint density at radius 2 is 1.82 bits per heavy atom. The van der Waals surface area contributed by atoms with Crippen molar-refractivity contribution in [1.82, 2.24) is 10.2 Å². The number of aryl methyl sites for hydroxylation is 1. The normalized spacial score (nSPS) is 14.2. The van der Waals surface area contributed by atoms with Crippen molar-refractivity contribution in [2.45, 2.75) is 58.7 Å². The number of nitrogens with zero attached hydrogens (tertiary/aromatic N) is 1. The highest BCUT2D eigenvalue weighted by Gasteiger charge is 2.27. The van der Waals surface area contributed by atoms with Crippen LogP contribution in [0.4, 0.5) is 0 Å². The maximum absolute atomic E-state index is 13.3. The minimum atomic E-state index is -0.599. The van der Waals surface area contributed by atoms with Crippen LogP contribution in [0.15, 0.2) is 42.5 Å². The second-order valence-electron chi connectivity index (χ2n) is 8.35. The maximum Gasteiger partial charge on any atom is 0.242 e. The molecule has 0 radical (unpaired) electrons. The second kappa shape index (κ2) is 11.6. The fourth-order valence-electron chi connectivity index (χ4n) is 3.65. The second-order valence-corrected chi connectivity index (χ2v) is 8.35. The molecule has 2 aromatic rings. The van der Waals surface area contributed by atoms with Crippen LogP contribution in [0.5, 0.6) is 17.2 Å². The summed E-state index contributed by atoms with van der Waals surface area (Å²) in [6, 6.07) is 12.8. The van der Waals surface area contributed by atoms with Crippen LogP contribution in [0.3, 0.4) is 0 Å². The number of benzene rings is 2. The van der Waals surface area contributed by atoms with Crippen LogP contribution in [-0.4, -0.2) is 49.1 Å². The topological polar surface area (TPSA) is 77.1 Å². The molecule has 0 saturated heterocycles. The van der Waals surface area contributed by atoms with Gasteiger partial charge in [0.2, 0.25) is 11.8 Å². The zero-order valence-corrected chi connectivity index (χ0v) is 19.9. The number of methoxy groups -OCH3 is 1. The molecule has 178 valence electrons. The number of hydrogen-bond acceptors (Lipinski definition) is 5. The molecule has 7 nitrogen and oxygen atoms in total. The third-order valence-corrected chi connectivity index (χ3v) is 5.89. The summed E-state index contributed by atoms with van der Waals surface area (Å²) in [7, 11) is 1.61. The van der Waals surface area contributed by atoms with Crippen molar-refractivity contribution in [1.29, 1.82) is 0 Å². The molecule has 1 heterocycles. The first-order valence-electron chi connectivity index (χ1n) is 11.5. The molecule has 1 aliphatic heterocycles. The van der Waals surface area contributed by atoms with Crippen molar-refractivity contribution >= 4 is 11.8 Å². The van der Waals surface area contributed by atoms with Gasteiger partial charge in [-0.2, -0.15) is 0 Å². The van der Waals surface area contributed by atoms with Gasteiger partial charge in [0.05, 0.1) is 7.11 Å². The van der Waals surface area contributed by atoms with Gasteiger partial charge in [0, 0.05) is 19.0 Å². The summed E-state index contributed by atoms with van der Waals surface area (Å²) in [5.41, 5.74) is 1.90. The molecule has 0 unspecified atom stereocenters. The average Bonchev–Trinajstić information content (AvgIpc) is 2.85. The smallest absolute Gasteiger partial charge is 0.242 e. The van der Waals surface area contributed by atoms with E-state index in [2.05, 4.69) is 5.32 Å². The van der Waals surface area contributed by atoms with Gasteiger partial charge in [-0.3, -0.25) is 9.59 Å². The zero-order chi connectivity index (χ0) is 23.8. The lowest BCUT2D eigenvalue weighted by molar-refractivity contribution is -0.140. The largest absolute Gasteiger partial charge is 0.497 e. The van der Waals surface area contributed by atoms with E-state index < -0.39 is 6.04 Å². The SMILES string of the molecule is CC[C@H](C)NC(=O)[C@H](C)N(Cc1cccc(OC)c1)C(=O)CCc1ccc2c(c1)OCCO2. The number of fused-ring (bicyclic) bond motifs is 1. The van der Waals surface area contributed by atoms with Gasteiger partial charge >= 0.3 is 0 Å². The van der Waals surface area contributed by atoms with E-state index in [0.29, 0.717) is 37.7 Å². The van der Waals surface area contributed by atoms with Crippen LogP contribution in [-0.2, 0) is 22.6 Å². The van der Waals surface area contributed by atoms with Gasteiger partial charge in [-0.1, -0.05) is 25.1 Å². The summed E-state index contributed by atoms with van der Waals surface area (Å²) in [5.74, 6) is 1.92. The van der Waals surface area contributed by atoms with Crippen molar-refractivity contribution in [3.8, 4) is 17.2 Å². The highest BCUT2D eigenvalue weighted by Crippen LogP contribution is 2.31. The molecule has 33 heavy (non-hydrogen) atoms. The molecule has 0 aromatic heterocycles. The Kier molecular flexibility index (Phi) is 8.58. The molecule has 0 bridgehead atoms. The van der Waals surface area contributed by atoms with Crippen LogP contribution in [0.2, 0.25) is 0 Å². The fourth-order valence-corrected chi connectivity index (χ4v) is 3.65. The number of carbonyl (C=O) groups is 2. The molecule has 0 fully saturated rings. The van der Waals surface area contributed by atoms with Gasteiger partial charge < -0.3 is 24.4 Å². The van der Waals surface area contributed by atoms with Crippen molar-refractivity contribution in [2.75, 3.05) is 20.3 Å². The number of hydrogen-bond donors (Lipinski definition) is 1. The molecule has 7 heteroatoms. The quantitative estimate of drug-likeness (QED) is 0.592. The van der Waals surface area contributed by atoms with Crippen LogP contribution in [0.1, 0.15) is 44.7 Å². The van der Waals surface area contributed by atoms with Crippen molar-refractivity contribution < 1.29 is 23.8 Å². The van der Waals surface area contributed by atoms with Gasteiger partial charge in [-0.25, -0.2) is 0 Å². The summed E-state index contributed by atoms with van der Waals surface area (Å²) >= 11 is 0. The molecule has 0 saturated carbocycles. The number of amides is 2. The van der Waals surface area contributed by atoms with E-state index in [4.69, 9.17) is 14.2 Å².